The van der Waals surface area contributed by atoms with Gasteiger partial charge in [-0.2, -0.15) is 0 Å². The standard InChI is InChI=1S/2C16H19OP.2ClH/c2*1-2-3-14-18(17,15-10-6-4-7-11-15)16-12-8-5-9-13-16;;/h2*4-13H,2-3,14H2,1H3;2*1H. The van der Waals surface area contributed by atoms with Crippen molar-refractivity contribution in [2.75, 3.05) is 12.3 Å². The molecule has 4 rings (SSSR count). The van der Waals surface area contributed by atoms with Gasteiger partial charge in [-0.3, -0.25) is 0 Å². The van der Waals surface area contributed by atoms with E-state index in [1.165, 1.54) is 0 Å². The Labute approximate surface area is 241 Å². The zero-order valence-corrected chi connectivity index (χ0v) is 25.7. The Balaban J connectivity index is 0.000000361. The van der Waals surface area contributed by atoms with Crippen molar-refractivity contribution in [3.05, 3.63) is 121 Å². The first-order valence-corrected chi connectivity index (χ1v) is 16.7. The second kappa shape index (κ2) is 17.5. The van der Waals surface area contributed by atoms with Crippen LogP contribution in [0.3, 0.4) is 0 Å². The largest absolute Gasteiger partial charge is 0.314 e. The lowest BCUT2D eigenvalue weighted by Crippen LogP contribution is -2.18. The molecule has 204 valence electrons. The van der Waals surface area contributed by atoms with Crippen molar-refractivity contribution in [2.45, 2.75) is 39.5 Å². The lowest BCUT2D eigenvalue weighted by Gasteiger charge is -2.19. The Bertz CT molecular complexity index is 1060. The van der Waals surface area contributed by atoms with Crippen LogP contribution in [0.15, 0.2) is 121 Å². The normalized spacial score (nSPS) is 10.8. The average molecular weight is 590 g/mol. The minimum absolute atomic E-state index is 0. The van der Waals surface area contributed by atoms with Crippen molar-refractivity contribution in [2.24, 2.45) is 0 Å². The summed E-state index contributed by atoms with van der Waals surface area (Å²) in [5, 5.41) is 3.91. The first-order chi connectivity index (χ1) is 17.5. The molecule has 0 heterocycles. The predicted octanol–water partition coefficient (Wildman–Crippen LogP) is 8.44. The molecule has 0 aromatic heterocycles. The minimum atomic E-state index is -2.44. The highest BCUT2D eigenvalue weighted by Crippen LogP contribution is 2.44. The maximum absolute atomic E-state index is 13.4. The molecule has 0 atom stereocenters. The summed E-state index contributed by atoms with van der Waals surface area (Å²) in [5.74, 6) is 0. The van der Waals surface area contributed by atoms with Gasteiger partial charge >= 0.3 is 0 Å². The molecule has 0 spiro atoms. The van der Waals surface area contributed by atoms with Crippen molar-refractivity contribution < 1.29 is 9.13 Å². The number of halogens is 2. The summed E-state index contributed by atoms with van der Waals surface area (Å²) in [4.78, 5) is 0. The molecule has 0 amide bonds. The third-order valence-corrected chi connectivity index (χ3v) is 12.8. The summed E-state index contributed by atoms with van der Waals surface area (Å²) >= 11 is 0. The molecule has 0 radical (unpaired) electrons. The van der Waals surface area contributed by atoms with Crippen LogP contribution in [0.1, 0.15) is 39.5 Å². The number of hydrogen-bond donors (Lipinski definition) is 0. The molecular weight excluding hydrogens is 549 g/mol. The van der Waals surface area contributed by atoms with Gasteiger partial charge in [0.2, 0.25) is 0 Å². The van der Waals surface area contributed by atoms with Crippen LogP contribution < -0.4 is 21.2 Å². The van der Waals surface area contributed by atoms with E-state index in [2.05, 4.69) is 13.8 Å². The van der Waals surface area contributed by atoms with Gasteiger partial charge in [0.15, 0.2) is 0 Å². The Morgan fingerprint density at radius 3 is 0.816 bits per heavy atom. The van der Waals surface area contributed by atoms with Crippen LogP contribution in [0.5, 0.6) is 0 Å². The summed E-state index contributed by atoms with van der Waals surface area (Å²) in [6.45, 7) is 4.28. The second-order valence-corrected chi connectivity index (χ2v) is 14.9. The smallest absolute Gasteiger partial charge is 0.143 e. The molecule has 6 heteroatoms. The van der Waals surface area contributed by atoms with Gasteiger partial charge in [-0.15, -0.1) is 24.8 Å². The van der Waals surface area contributed by atoms with E-state index in [9.17, 15) is 9.13 Å². The maximum atomic E-state index is 13.4. The minimum Gasteiger partial charge on any atom is -0.314 e. The van der Waals surface area contributed by atoms with Gasteiger partial charge in [0.05, 0.1) is 0 Å². The summed E-state index contributed by atoms with van der Waals surface area (Å²) < 4.78 is 26.8. The number of hydrogen-bond acceptors (Lipinski definition) is 2. The summed E-state index contributed by atoms with van der Waals surface area (Å²) in [6, 6.07) is 39.6. The Hall–Kier alpha value is -2.08. The molecule has 2 nitrogen and oxygen atoms in total. The SMILES string of the molecule is CCCCP(=O)(c1ccccc1)c1ccccc1.CCCCP(=O)(c1ccccc1)c1ccccc1.Cl.Cl. The third-order valence-electron chi connectivity index (χ3n) is 6.35. The van der Waals surface area contributed by atoms with Crippen molar-refractivity contribution >= 4 is 60.3 Å². The lowest BCUT2D eigenvalue weighted by molar-refractivity contribution is 0.584. The molecule has 0 aliphatic heterocycles. The average Bonchev–Trinajstić information content (AvgIpc) is 2.97. The monoisotopic (exact) mass is 588 g/mol. The first-order valence-electron chi connectivity index (χ1n) is 12.9. The van der Waals surface area contributed by atoms with Gasteiger partial charge in [0.25, 0.3) is 0 Å². The molecule has 0 bridgehead atoms. The van der Waals surface area contributed by atoms with Crippen LogP contribution in [-0.4, -0.2) is 12.3 Å². The molecular formula is C32H40Cl2O2P2. The highest BCUT2D eigenvalue weighted by molar-refractivity contribution is 7.79. The van der Waals surface area contributed by atoms with Crippen LogP contribution >= 0.6 is 39.1 Å². The number of rotatable bonds is 10. The zero-order chi connectivity index (χ0) is 25.7. The van der Waals surface area contributed by atoms with Gasteiger partial charge in [0.1, 0.15) is 14.3 Å². The molecule has 0 aliphatic carbocycles. The highest BCUT2D eigenvalue weighted by Gasteiger charge is 2.26. The van der Waals surface area contributed by atoms with E-state index in [1.54, 1.807) is 0 Å². The molecule has 0 fully saturated rings. The first kappa shape index (κ1) is 33.9. The second-order valence-electron chi connectivity index (χ2n) is 8.98. The van der Waals surface area contributed by atoms with E-state index in [0.717, 1.165) is 59.2 Å². The lowest BCUT2D eigenvalue weighted by atomic mass is 10.4. The quantitative estimate of drug-likeness (QED) is 0.174. The van der Waals surface area contributed by atoms with E-state index in [0.29, 0.717) is 0 Å². The topological polar surface area (TPSA) is 34.1 Å². The molecule has 4 aromatic rings. The van der Waals surface area contributed by atoms with Gasteiger partial charge in [0, 0.05) is 33.5 Å². The Morgan fingerprint density at radius 2 is 0.632 bits per heavy atom. The molecule has 38 heavy (non-hydrogen) atoms. The van der Waals surface area contributed by atoms with E-state index in [1.807, 2.05) is 121 Å². The van der Waals surface area contributed by atoms with Crippen molar-refractivity contribution in [1.29, 1.82) is 0 Å². The highest BCUT2D eigenvalue weighted by atomic mass is 35.5. The van der Waals surface area contributed by atoms with Crippen LogP contribution in [0, 0.1) is 0 Å². The fourth-order valence-corrected chi connectivity index (χ4v) is 10.0. The van der Waals surface area contributed by atoms with Crippen LogP contribution in [0.25, 0.3) is 0 Å². The van der Waals surface area contributed by atoms with Gasteiger partial charge in [-0.05, 0) is 12.8 Å². The molecule has 0 aliphatic rings. The molecule has 0 saturated carbocycles. The summed E-state index contributed by atoms with van der Waals surface area (Å²) in [5.41, 5.74) is 0. The summed E-state index contributed by atoms with van der Waals surface area (Å²) in [6.07, 6.45) is 5.67. The Kier molecular flexibility index (Phi) is 15.6. The zero-order valence-electron chi connectivity index (χ0n) is 22.3. The van der Waals surface area contributed by atoms with Crippen molar-refractivity contribution in [3.63, 3.8) is 0 Å². The van der Waals surface area contributed by atoms with Crippen LogP contribution in [-0.2, 0) is 9.13 Å². The number of unbranched alkanes of at least 4 members (excludes halogenated alkanes) is 2. The van der Waals surface area contributed by atoms with Gasteiger partial charge in [-0.25, -0.2) is 0 Å². The van der Waals surface area contributed by atoms with Crippen LogP contribution in [0.4, 0.5) is 0 Å². The molecule has 0 N–H and O–H groups in total. The molecule has 0 unspecified atom stereocenters. The van der Waals surface area contributed by atoms with Crippen LogP contribution in [0.2, 0.25) is 0 Å². The summed E-state index contributed by atoms with van der Waals surface area (Å²) in [7, 11) is -4.88. The van der Waals surface area contributed by atoms with E-state index in [4.69, 9.17) is 0 Å². The maximum Gasteiger partial charge on any atom is 0.143 e. The number of benzene rings is 4. The van der Waals surface area contributed by atoms with E-state index >= 15 is 0 Å². The van der Waals surface area contributed by atoms with Crippen molar-refractivity contribution in [3.8, 4) is 0 Å². The molecule has 0 saturated heterocycles. The molecule has 4 aromatic carbocycles. The van der Waals surface area contributed by atoms with Gasteiger partial charge in [-0.1, -0.05) is 148 Å². The third kappa shape index (κ3) is 9.00. The van der Waals surface area contributed by atoms with Crippen molar-refractivity contribution in [1.82, 2.24) is 0 Å². The fourth-order valence-electron chi connectivity index (χ4n) is 4.25. The Morgan fingerprint density at radius 1 is 0.421 bits per heavy atom. The van der Waals surface area contributed by atoms with E-state index in [-0.39, 0.29) is 24.8 Å². The predicted molar refractivity (Wildman–Crippen MR) is 174 cm³/mol. The fraction of sp³-hybridized carbons (Fsp3) is 0.250. The van der Waals surface area contributed by atoms with Gasteiger partial charge < -0.3 is 9.13 Å². The van der Waals surface area contributed by atoms with E-state index < -0.39 is 14.3 Å².